The van der Waals surface area contributed by atoms with Crippen molar-refractivity contribution in [1.29, 1.82) is 0 Å². The third kappa shape index (κ3) is 3.30. The van der Waals surface area contributed by atoms with Gasteiger partial charge >= 0.3 is 0 Å². The second-order valence-electron chi connectivity index (χ2n) is 8.43. The summed E-state index contributed by atoms with van der Waals surface area (Å²) in [5.74, 6) is 0.384. The van der Waals surface area contributed by atoms with Gasteiger partial charge in [0.1, 0.15) is 11.4 Å². The minimum absolute atomic E-state index is 0.277. The van der Waals surface area contributed by atoms with Crippen molar-refractivity contribution in [2.24, 2.45) is 0 Å². The van der Waals surface area contributed by atoms with E-state index in [1.807, 2.05) is 36.9 Å². The Bertz CT molecular complexity index is 1330. The van der Waals surface area contributed by atoms with E-state index in [0.717, 1.165) is 33.6 Å². The lowest BCUT2D eigenvalue weighted by atomic mass is 9.88. The fourth-order valence-corrected chi connectivity index (χ4v) is 4.37. The fraction of sp³-hybridized carbons (Fsp3) is 0.240. The second kappa shape index (κ2) is 7.44. The molecule has 0 saturated heterocycles. The van der Waals surface area contributed by atoms with Crippen molar-refractivity contribution in [1.82, 2.24) is 19.7 Å². The standard InChI is InChI=1S/C25H24FN5O/c1-4-31-23-16(14-30-31)10-15-6-5-9-28-22(15)19-8-7-18(26)12-20(19)25(2,3)32-21-11-17(23)13-29-24(21)27/h5-9,11-14H,4,10H2,1-3H3,(H2,27,29). The van der Waals surface area contributed by atoms with Crippen LogP contribution < -0.4 is 10.5 Å². The summed E-state index contributed by atoms with van der Waals surface area (Å²) in [6.45, 7) is 6.55. The van der Waals surface area contributed by atoms with Gasteiger partial charge in [0, 0.05) is 47.6 Å². The van der Waals surface area contributed by atoms with Crippen LogP contribution in [0.1, 0.15) is 37.5 Å². The molecule has 4 aromatic rings. The zero-order chi connectivity index (χ0) is 22.5. The van der Waals surface area contributed by atoms with Crippen molar-refractivity contribution >= 4 is 5.82 Å². The maximum Gasteiger partial charge on any atom is 0.166 e. The van der Waals surface area contributed by atoms with Crippen LogP contribution in [0.5, 0.6) is 5.75 Å². The predicted octanol–water partition coefficient (Wildman–Crippen LogP) is 4.97. The molecule has 0 unspecified atom stereocenters. The van der Waals surface area contributed by atoms with Gasteiger partial charge in [-0.1, -0.05) is 6.07 Å². The van der Waals surface area contributed by atoms with Crippen LogP contribution in [0.15, 0.2) is 55.0 Å². The van der Waals surface area contributed by atoms with Gasteiger partial charge in [0.2, 0.25) is 0 Å². The van der Waals surface area contributed by atoms with Gasteiger partial charge < -0.3 is 10.5 Å². The van der Waals surface area contributed by atoms with Crippen LogP contribution >= 0.6 is 0 Å². The summed E-state index contributed by atoms with van der Waals surface area (Å²) in [6, 6.07) is 10.6. The van der Waals surface area contributed by atoms with Crippen molar-refractivity contribution < 1.29 is 9.13 Å². The van der Waals surface area contributed by atoms with E-state index in [9.17, 15) is 4.39 Å². The van der Waals surface area contributed by atoms with Crippen molar-refractivity contribution in [3.05, 3.63) is 77.5 Å². The number of nitrogens with zero attached hydrogens (tertiary/aromatic N) is 4. The van der Waals surface area contributed by atoms with E-state index < -0.39 is 5.60 Å². The molecule has 162 valence electrons. The number of hydrogen-bond donors (Lipinski definition) is 1. The first-order valence-corrected chi connectivity index (χ1v) is 10.6. The van der Waals surface area contributed by atoms with Gasteiger partial charge in [0.05, 0.1) is 17.6 Å². The highest BCUT2D eigenvalue weighted by Crippen LogP contribution is 2.40. The lowest BCUT2D eigenvalue weighted by Crippen LogP contribution is -2.27. The first-order valence-electron chi connectivity index (χ1n) is 10.6. The van der Waals surface area contributed by atoms with Crippen LogP contribution in [-0.2, 0) is 18.6 Å². The molecule has 2 bridgehead atoms. The average molecular weight is 429 g/mol. The highest BCUT2D eigenvalue weighted by Gasteiger charge is 2.30. The molecule has 0 aliphatic carbocycles. The van der Waals surface area contributed by atoms with Gasteiger partial charge in [-0.3, -0.25) is 9.67 Å². The molecular weight excluding hydrogens is 405 g/mol. The van der Waals surface area contributed by atoms with Crippen molar-refractivity contribution in [3.63, 3.8) is 0 Å². The average Bonchev–Trinajstić information content (AvgIpc) is 3.17. The molecule has 2 N–H and O–H groups in total. The summed E-state index contributed by atoms with van der Waals surface area (Å²) in [7, 11) is 0. The van der Waals surface area contributed by atoms with E-state index in [-0.39, 0.29) is 11.6 Å². The van der Waals surface area contributed by atoms with Gasteiger partial charge in [0.15, 0.2) is 11.6 Å². The number of benzene rings is 1. The Balaban J connectivity index is 1.85. The van der Waals surface area contributed by atoms with Crippen molar-refractivity contribution in [2.45, 2.75) is 39.3 Å². The number of hydrogen-bond acceptors (Lipinski definition) is 5. The predicted molar refractivity (Wildman–Crippen MR) is 122 cm³/mol. The Morgan fingerprint density at radius 3 is 2.78 bits per heavy atom. The number of nitrogens with two attached hydrogens (primary N) is 1. The van der Waals surface area contributed by atoms with Crippen LogP contribution in [0.2, 0.25) is 0 Å². The molecule has 6 nitrogen and oxygen atoms in total. The molecule has 0 fully saturated rings. The number of anilines is 1. The minimum Gasteiger partial charge on any atom is -0.479 e. The van der Waals surface area contributed by atoms with Gasteiger partial charge in [0.25, 0.3) is 0 Å². The molecule has 0 atom stereocenters. The van der Waals surface area contributed by atoms with Gasteiger partial charge in [-0.05, 0) is 56.7 Å². The lowest BCUT2D eigenvalue weighted by Gasteiger charge is -2.30. The summed E-state index contributed by atoms with van der Waals surface area (Å²) < 4.78 is 22.7. The number of rotatable bonds is 1. The highest BCUT2D eigenvalue weighted by molar-refractivity contribution is 5.72. The summed E-state index contributed by atoms with van der Waals surface area (Å²) in [6.07, 6.45) is 6.00. The molecule has 1 aromatic carbocycles. The number of ether oxygens (including phenoxy) is 1. The molecule has 0 spiro atoms. The largest absolute Gasteiger partial charge is 0.479 e. The van der Waals surface area contributed by atoms with Crippen LogP contribution in [0.4, 0.5) is 10.2 Å². The molecular formula is C25H24FN5O. The number of fused-ring (bicyclic) bond motifs is 7. The first-order chi connectivity index (χ1) is 15.4. The van der Waals surface area contributed by atoms with E-state index >= 15 is 0 Å². The zero-order valence-corrected chi connectivity index (χ0v) is 18.3. The zero-order valence-electron chi connectivity index (χ0n) is 18.3. The third-order valence-electron chi connectivity index (χ3n) is 5.89. The number of pyridine rings is 2. The molecule has 32 heavy (non-hydrogen) atoms. The quantitative estimate of drug-likeness (QED) is 0.462. The maximum absolute atomic E-state index is 14.4. The number of aryl methyl sites for hydroxylation is 1. The van der Waals surface area contributed by atoms with E-state index in [2.05, 4.69) is 28.1 Å². The Hall–Kier alpha value is -3.74. The summed E-state index contributed by atoms with van der Waals surface area (Å²) >= 11 is 0. The molecule has 0 amide bonds. The summed E-state index contributed by atoms with van der Waals surface area (Å²) in [5.41, 5.74) is 11.5. The van der Waals surface area contributed by atoms with E-state index in [0.29, 0.717) is 24.3 Å². The third-order valence-corrected chi connectivity index (χ3v) is 5.89. The number of halogens is 1. The first kappa shape index (κ1) is 20.2. The summed E-state index contributed by atoms with van der Waals surface area (Å²) in [5, 5.41) is 4.59. The number of aromatic nitrogens is 4. The smallest absolute Gasteiger partial charge is 0.166 e. The van der Waals surface area contributed by atoms with Crippen molar-refractivity contribution in [2.75, 3.05) is 5.73 Å². The van der Waals surface area contributed by atoms with Crippen LogP contribution in [0, 0.1) is 5.82 Å². The Kier molecular flexibility index (Phi) is 4.69. The molecule has 3 aromatic heterocycles. The van der Waals surface area contributed by atoms with E-state index in [1.54, 1.807) is 18.5 Å². The van der Waals surface area contributed by atoms with E-state index in [1.165, 1.54) is 12.1 Å². The number of nitrogen functional groups attached to an aromatic ring is 1. The molecule has 1 aliphatic heterocycles. The Morgan fingerprint density at radius 2 is 1.97 bits per heavy atom. The minimum atomic E-state index is -0.895. The topological polar surface area (TPSA) is 78.9 Å². The molecule has 7 heteroatoms. The van der Waals surface area contributed by atoms with E-state index in [4.69, 9.17) is 10.5 Å². The SMILES string of the molecule is CCn1ncc2c1-c1cnc(N)c(c1)OC(C)(C)c1cc(F)ccc1-c1ncccc1C2. The molecule has 4 heterocycles. The van der Waals surface area contributed by atoms with Gasteiger partial charge in [-0.25, -0.2) is 9.37 Å². The van der Waals surface area contributed by atoms with Crippen LogP contribution in [-0.4, -0.2) is 19.7 Å². The molecule has 5 rings (SSSR count). The maximum atomic E-state index is 14.4. The monoisotopic (exact) mass is 429 g/mol. The van der Waals surface area contributed by atoms with Gasteiger partial charge in [-0.2, -0.15) is 5.10 Å². The fourth-order valence-electron chi connectivity index (χ4n) is 4.37. The molecule has 0 saturated carbocycles. The summed E-state index contributed by atoms with van der Waals surface area (Å²) in [4.78, 5) is 9.08. The normalized spacial score (nSPS) is 14.2. The van der Waals surface area contributed by atoms with Crippen molar-refractivity contribution in [3.8, 4) is 28.3 Å². The second-order valence-corrected chi connectivity index (χ2v) is 8.43. The lowest BCUT2D eigenvalue weighted by molar-refractivity contribution is 0.109. The highest BCUT2D eigenvalue weighted by atomic mass is 19.1. The molecule has 1 aliphatic rings. The van der Waals surface area contributed by atoms with Crippen LogP contribution in [0.3, 0.4) is 0 Å². The molecule has 0 radical (unpaired) electrons. The Morgan fingerprint density at radius 1 is 1.12 bits per heavy atom. The van der Waals surface area contributed by atoms with Crippen LogP contribution in [0.25, 0.3) is 22.5 Å². The van der Waals surface area contributed by atoms with Gasteiger partial charge in [-0.15, -0.1) is 0 Å². The Labute approximate surface area is 185 Å².